The molecule has 0 spiro atoms. The van der Waals surface area contributed by atoms with Gasteiger partial charge in [0.25, 0.3) is 6.43 Å². The summed E-state index contributed by atoms with van der Waals surface area (Å²) < 4.78 is 24.1. The Bertz CT molecular complexity index is 304. The van der Waals surface area contributed by atoms with Crippen molar-refractivity contribution in [3.05, 3.63) is 29.6 Å². The Hall–Kier alpha value is -1.07. The lowest BCUT2D eigenvalue weighted by Crippen LogP contribution is -2.24. The molecule has 1 rings (SSSR count). The minimum atomic E-state index is -2.30. The summed E-state index contributed by atoms with van der Waals surface area (Å²) in [7, 11) is 1.66. The molecule has 0 aliphatic carbocycles. The normalized spacial score (nSPS) is 11.3. The Morgan fingerprint density at radius 1 is 1.53 bits per heavy atom. The van der Waals surface area contributed by atoms with E-state index >= 15 is 0 Å². The Labute approximate surface area is 87.9 Å². The zero-order valence-corrected chi connectivity index (χ0v) is 8.66. The average Bonchev–Trinajstić information content (AvgIpc) is 2.16. The van der Waals surface area contributed by atoms with E-state index in [1.165, 1.54) is 0 Å². The summed E-state index contributed by atoms with van der Waals surface area (Å²) >= 11 is 0. The number of aromatic nitrogens is 1. The highest BCUT2D eigenvalue weighted by Crippen LogP contribution is 2.06. The van der Waals surface area contributed by atoms with Crippen LogP contribution in [0.4, 0.5) is 8.78 Å². The topological polar surface area (TPSA) is 42.2 Å². The number of nitrogens with two attached hydrogens (primary N) is 1. The van der Waals surface area contributed by atoms with Crippen molar-refractivity contribution >= 4 is 0 Å². The van der Waals surface area contributed by atoms with Gasteiger partial charge in [-0.2, -0.15) is 0 Å². The Balaban J connectivity index is 2.55. The minimum Gasteiger partial charge on any atom is -0.325 e. The van der Waals surface area contributed by atoms with Gasteiger partial charge in [-0.1, -0.05) is 0 Å². The number of halogens is 2. The summed E-state index contributed by atoms with van der Waals surface area (Å²) in [5, 5.41) is 0. The van der Waals surface area contributed by atoms with Gasteiger partial charge in [0.15, 0.2) is 0 Å². The van der Waals surface area contributed by atoms with Gasteiger partial charge in [0.1, 0.15) is 0 Å². The van der Waals surface area contributed by atoms with E-state index in [0.717, 1.165) is 11.3 Å². The Morgan fingerprint density at radius 3 is 2.87 bits per heavy atom. The van der Waals surface area contributed by atoms with Crippen molar-refractivity contribution in [2.24, 2.45) is 5.73 Å². The third kappa shape index (κ3) is 4.31. The van der Waals surface area contributed by atoms with Gasteiger partial charge < -0.3 is 5.73 Å². The van der Waals surface area contributed by atoms with Crippen molar-refractivity contribution in [1.29, 1.82) is 0 Å². The number of nitrogens with zero attached hydrogens (tertiary/aromatic N) is 2. The zero-order chi connectivity index (χ0) is 11.3. The molecule has 0 bridgehead atoms. The molecule has 0 amide bonds. The van der Waals surface area contributed by atoms with E-state index < -0.39 is 6.43 Å². The largest absolute Gasteiger partial charge is 0.325 e. The lowest BCUT2D eigenvalue weighted by Gasteiger charge is -2.16. The molecular formula is C10H15F2N3. The van der Waals surface area contributed by atoms with Gasteiger partial charge in [-0.15, -0.1) is 0 Å². The molecule has 5 heteroatoms. The molecule has 0 saturated heterocycles. The summed E-state index contributed by atoms with van der Waals surface area (Å²) in [6.45, 7) is 0.631. The summed E-state index contributed by atoms with van der Waals surface area (Å²) in [5.41, 5.74) is 7.16. The van der Waals surface area contributed by atoms with Crippen LogP contribution in [0.2, 0.25) is 0 Å². The van der Waals surface area contributed by atoms with Crippen molar-refractivity contribution in [2.45, 2.75) is 19.5 Å². The van der Waals surface area contributed by atoms with E-state index in [0.29, 0.717) is 13.1 Å². The van der Waals surface area contributed by atoms with Gasteiger partial charge >= 0.3 is 0 Å². The van der Waals surface area contributed by atoms with Crippen molar-refractivity contribution in [1.82, 2.24) is 9.88 Å². The standard InChI is InChI=1S/C10H15F2N3/c1-15(7-10(11)12)6-8-2-3-14-9(4-8)5-13/h2-4,10H,5-7,13H2,1H3. The predicted molar refractivity (Wildman–Crippen MR) is 54.5 cm³/mol. The summed E-state index contributed by atoms with van der Waals surface area (Å²) in [6.07, 6.45) is -0.654. The first-order chi connectivity index (χ1) is 7.11. The zero-order valence-electron chi connectivity index (χ0n) is 8.66. The van der Waals surface area contributed by atoms with Gasteiger partial charge in [0.2, 0.25) is 0 Å². The van der Waals surface area contributed by atoms with Crippen LogP contribution in [0.5, 0.6) is 0 Å². The molecule has 0 aliphatic rings. The number of hydrogen-bond acceptors (Lipinski definition) is 3. The fourth-order valence-corrected chi connectivity index (χ4v) is 1.35. The first-order valence-corrected chi connectivity index (χ1v) is 4.72. The van der Waals surface area contributed by atoms with E-state index in [1.54, 1.807) is 24.2 Å². The van der Waals surface area contributed by atoms with E-state index in [9.17, 15) is 8.78 Å². The summed E-state index contributed by atoms with van der Waals surface area (Å²) in [6, 6.07) is 3.64. The molecule has 0 aromatic carbocycles. The summed E-state index contributed by atoms with van der Waals surface area (Å²) in [5.74, 6) is 0. The van der Waals surface area contributed by atoms with Crippen LogP contribution in [-0.4, -0.2) is 29.9 Å². The molecule has 15 heavy (non-hydrogen) atoms. The van der Waals surface area contributed by atoms with Gasteiger partial charge in [-0.25, -0.2) is 8.78 Å². The maximum absolute atomic E-state index is 12.1. The lowest BCUT2D eigenvalue weighted by molar-refractivity contribution is 0.0975. The monoisotopic (exact) mass is 215 g/mol. The second-order valence-electron chi connectivity index (χ2n) is 3.45. The highest BCUT2D eigenvalue weighted by atomic mass is 19.3. The van der Waals surface area contributed by atoms with Crippen molar-refractivity contribution < 1.29 is 8.78 Å². The van der Waals surface area contributed by atoms with Crippen LogP contribution in [0.3, 0.4) is 0 Å². The van der Waals surface area contributed by atoms with Crippen molar-refractivity contribution in [2.75, 3.05) is 13.6 Å². The second-order valence-corrected chi connectivity index (χ2v) is 3.45. The number of hydrogen-bond donors (Lipinski definition) is 1. The molecule has 0 aliphatic heterocycles. The minimum absolute atomic E-state index is 0.222. The molecule has 1 aromatic rings. The Kier molecular flexibility index (Phi) is 4.58. The van der Waals surface area contributed by atoms with Crippen LogP contribution in [0.1, 0.15) is 11.3 Å². The highest BCUT2D eigenvalue weighted by Gasteiger charge is 2.08. The molecule has 1 heterocycles. The van der Waals surface area contributed by atoms with Crippen LogP contribution in [0, 0.1) is 0 Å². The molecule has 3 nitrogen and oxygen atoms in total. The fourth-order valence-electron chi connectivity index (χ4n) is 1.35. The fraction of sp³-hybridized carbons (Fsp3) is 0.500. The molecule has 0 unspecified atom stereocenters. The van der Waals surface area contributed by atoms with Crippen LogP contribution in [-0.2, 0) is 13.1 Å². The van der Waals surface area contributed by atoms with Crippen LogP contribution < -0.4 is 5.73 Å². The first-order valence-electron chi connectivity index (χ1n) is 4.72. The van der Waals surface area contributed by atoms with Gasteiger partial charge in [0, 0.05) is 19.3 Å². The quantitative estimate of drug-likeness (QED) is 0.803. The second kappa shape index (κ2) is 5.72. The highest BCUT2D eigenvalue weighted by molar-refractivity contribution is 5.16. The van der Waals surface area contributed by atoms with E-state index in [2.05, 4.69) is 4.98 Å². The van der Waals surface area contributed by atoms with Crippen LogP contribution in [0.15, 0.2) is 18.3 Å². The van der Waals surface area contributed by atoms with E-state index in [4.69, 9.17) is 5.73 Å². The third-order valence-electron chi connectivity index (χ3n) is 1.99. The van der Waals surface area contributed by atoms with Gasteiger partial charge in [-0.3, -0.25) is 9.88 Å². The molecule has 2 N–H and O–H groups in total. The first kappa shape index (κ1) is 12.0. The molecule has 0 fully saturated rings. The number of pyridine rings is 1. The third-order valence-corrected chi connectivity index (χ3v) is 1.99. The van der Waals surface area contributed by atoms with Crippen LogP contribution >= 0.6 is 0 Å². The molecule has 0 saturated carbocycles. The lowest BCUT2D eigenvalue weighted by atomic mass is 10.2. The SMILES string of the molecule is CN(Cc1ccnc(CN)c1)CC(F)F. The molecule has 84 valence electrons. The van der Waals surface area contributed by atoms with E-state index in [-0.39, 0.29) is 6.54 Å². The smallest absolute Gasteiger partial charge is 0.251 e. The molecule has 1 aromatic heterocycles. The predicted octanol–water partition coefficient (Wildman–Crippen LogP) is 1.24. The van der Waals surface area contributed by atoms with E-state index in [1.807, 2.05) is 6.07 Å². The number of alkyl halides is 2. The molecule has 0 radical (unpaired) electrons. The summed E-state index contributed by atoms with van der Waals surface area (Å²) in [4.78, 5) is 5.60. The van der Waals surface area contributed by atoms with Gasteiger partial charge in [-0.05, 0) is 24.7 Å². The maximum atomic E-state index is 12.1. The van der Waals surface area contributed by atoms with Crippen molar-refractivity contribution in [3.8, 4) is 0 Å². The Morgan fingerprint density at radius 2 is 2.27 bits per heavy atom. The molecule has 0 atom stereocenters. The van der Waals surface area contributed by atoms with Crippen molar-refractivity contribution in [3.63, 3.8) is 0 Å². The molecular weight excluding hydrogens is 200 g/mol. The maximum Gasteiger partial charge on any atom is 0.251 e. The van der Waals surface area contributed by atoms with Crippen LogP contribution in [0.25, 0.3) is 0 Å². The average molecular weight is 215 g/mol. The number of rotatable bonds is 5. The van der Waals surface area contributed by atoms with Gasteiger partial charge in [0.05, 0.1) is 12.2 Å².